The first-order valence-electron chi connectivity index (χ1n) is 8.28. The molecule has 1 aliphatic rings. The van der Waals surface area contributed by atoms with Crippen molar-refractivity contribution in [3.05, 3.63) is 65.5 Å². The van der Waals surface area contributed by atoms with Crippen LogP contribution in [-0.2, 0) is 18.4 Å². The van der Waals surface area contributed by atoms with Crippen molar-refractivity contribution in [3.8, 4) is 0 Å². The summed E-state index contributed by atoms with van der Waals surface area (Å²) >= 11 is 0. The summed E-state index contributed by atoms with van der Waals surface area (Å²) in [7, 11) is 1.72. The zero-order chi connectivity index (χ0) is 17.0. The maximum absolute atomic E-state index is 12.3. The molecule has 24 heavy (non-hydrogen) atoms. The monoisotopic (exact) mass is 325 g/mol. The molecule has 0 saturated carbocycles. The second-order valence-electron chi connectivity index (χ2n) is 6.35. The summed E-state index contributed by atoms with van der Waals surface area (Å²) in [4.78, 5) is 18.0. The molecule has 0 saturated heterocycles. The lowest BCUT2D eigenvalue weighted by Gasteiger charge is -2.30. The van der Waals surface area contributed by atoms with Crippen molar-refractivity contribution in [1.82, 2.24) is 15.2 Å². The van der Waals surface area contributed by atoms with Crippen molar-refractivity contribution >= 4 is 6.03 Å². The third-order valence-electron chi connectivity index (χ3n) is 4.56. The van der Waals surface area contributed by atoms with E-state index in [2.05, 4.69) is 10.3 Å². The molecule has 1 aromatic heterocycles. The van der Waals surface area contributed by atoms with Crippen molar-refractivity contribution in [3.63, 3.8) is 0 Å². The van der Waals surface area contributed by atoms with Gasteiger partial charge in [-0.05, 0) is 36.1 Å². The van der Waals surface area contributed by atoms with Crippen molar-refractivity contribution in [2.24, 2.45) is 0 Å². The van der Waals surface area contributed by atoms with Crippen LogP contribution in [0.3, 0.4) is 0 Å². The number of amides is 2. The molecule has 2 amide bonds. The highest BCUT2D eigenvalue weighted by molar-refractivity contribution is 5.74. The molecule has 1 atom stereocenters. The minimum atomic E-state index is -0.955. The lowest BCUT2D eigenvalue weighted by atomic mass is 9.95. The molecule has 1 unspecified atom stereocenters. The zero-order valence-electron chi connectivity index (χ0n) is 13.9. The van der Waals surface area contributed by atoms with E-state index in [1.165, 1.54) is 5.56 Å². The van der Waals surface area contributed by atoms with Crippen LogP contribution in [0, 0.1) is 0 Å². The highest BCUT2D eigenvalue weighted by atomic mass is 16.3. The van der Waals surface area contributed by atoms with Gasteiger partial charge in [-0.1, -0.05) is 30.3 Å². The molecular weight excluding hydrogens is 302 g/mol. The van der Waals surface area contributed by atoms with Gasteiger partial charge in [0.05, 0.1) is 6.54 Å². The van der Waals surface area contributed by atoms with Crippen LogP contribution in [-0.4, -0.2) is 41.2 Å². The fourth-order valence-corrected chi connectivity index (χ4v) is 3.28. The zero-order valence-corrected chi connectivity index (χ0v) is 13.9. The second kappa shape index (κ2) is 7.01. The Hall–Kier alpha value is -2.40. The van der Waals surface area contributed by atoms with E-state index in [0.29, 0.717) is 25.9 Å². The Morgan fingerprint density at radius 2 is 2.08 bits per heavy atom. The number of aliphatic hydroxyl groups is 1. The SMILES string of the molecule is CN(CC1(O)CCc2ccccc21)C(=O)NCCc1ccccn1. The van der Waals surface area contributed by atoms with Gasteiger partial charge in [-0.3, -0.25) is 4.98 Å². The number of nitrogens with one attached hydrogen (secondary N) is 1. The van der Waals surface area contributed by atoms with E-state index in [0.717, 1.165) is 17.7 Å². The number of likely N-dealkylation sites (N-methyl/N-ethyl adjacent to an activating group) is 1. The van der Waals surface area contributed by atoms with Crippen LogP contribution >= 0.6 is 0 Å². The number of pyridine rings is 1. The Morgan fingerprint density at radius 3 is 2.88 bits per heavy atom. The maximum atomic E-state index is 12.3. The van der Waals surface area contributed by atoms with E-state index >= 15 is 0 Å². The molecule has 0 bridgehead atoms. The van der Waals surface area contributed by atoms with Gasteiger partial charge in [-0.15, -0.1) is 0 Å². The van der Waals surface area contributed by atoms with Crippen LogP contribution in [0.4, 0.5) is 4.79 Å². The molecule has 0 aliphatic heterocycles. The number of carbonyl (C=O) groups is 1. The summed E-state index contributed by atoms with van der Waals surface area (Å²) < 4.78 is 0. The number of hydrogen-bond donors (Lipinski definition) is 2. The number of benzene rings is 1. The molecule has 2 N–H and O–H groups in total. The summed E-state index contributed by atoms with van der Waals surface area (Å²) in [6.07, 6.45) is 3.93. The van der Waals surface area contributed by atoms with Gasteiger partial charge in [0.25, 0.3) is 0 Å². The summed E-state index contributed by atoms with van der Waals surface area (Å²) in [5.74, 6) is 0. The van der Waals surface area contributed by atoms with Crippen molar-refractivity contribution < 1.29 is 9.90 Å². The van der Waals surface area contributed by atoms with Gasteiger partial charge < -0.3 is 15.3 Å². The topological polar surface area (TPSA) is 65.5 Å². The number of carbonyl (C=O) groups excluding carboxylic acids is 1. The Bertz CT molecular complexity index is 705. The Balaban J connectivity index is 1.53. The summed E-state index contributed by atoms with van der Waals surface area (Å²) in [5.41, 5.74) is 2.11. The minimum Gasteiger partial charge on any atom is -0.383 e. The number of rotatable bonds is 5. The third kappa shape index (κ3) is 3.57. The molecule has 1 heterocycles. The van der Waals surface area contributed by atoms with Gasteiger partial charge in [0, 0.05) is 31.9 Å². The number of fused-ring (bicyclic) bond motifs is 1. The van der Waals surface area contributed by atoms with Gasteiger partial charge in [0.2, 0.25) is 0 Å². The third-order valence-corrected chi connectivity index (χ3v) is 4.56. The first kappa shape index (κ1) is 16.5. The van der Waals surface area contributed by atoms with Crippen molar-refractivity contribution in [2.45, 2.75) is 24.9 Å². The lowest BCUT2D eigenvalue weighted by Crippen LogP contribution is -2.45. The van der Waals surface area contributed by atoms with Crippen LogP contribution in [0.15, 0.2) is 48.7 Å². The van der Waals surface area contributed by atoms with Gasteiger partial charge in [0.1, 0.15) is 5.60 Å². The van der Waals surface area contributed by atoms with E-state index in [9.17, 15) is 9.90 Å². The number of aromatic nitrogens is 1. The van der Waals surface area contributed by atoms with Crippen LogP contribution < -0.4 is 5.32 Å². The standard InChI is InChI=1S/C19H23N3O2/c1-22(18(23)21-13-10-16-7-4-5-12-20-16)14-19(24)11-9-15-6-2-3-8-17(15)19/h2-8,12,24H,9-11,13-14H2,1H3,(H,21,23). The lowest BCUT2D eigenvalue weighted by molar-refractivity contribution is 0.0159. The molecule has 0 fully saturated rings. The maximum Gasteiger partial charge on any atom is 0.317 e. The van der Waals surface area contributed by atoms with E-state index in [1.54, 1.807) is 18.1 Å². The number of urea groups is 1. The van der Waals surface area contributed by atoms with Crippen LogP contribution in [0.5, 0.6) is 0 Å². The number of nitrogens with zero attached hydrogens (tertiary/aromatic N) is 2. The van der Waals surface area contributed by atoms with Crippen molar-refractivity contribution in [2.75, 3.05) is 20.1 Å². The predicted molar refractivity (Wildman–Crippen MR) is 92.6 cm³/mol. The van der Waals surface area contributed by atoms with E-state index in [-0.39, 0.29) is 6.03 Å². The molecule has 5 heteroatoms. The first-order chi connectivity index (χ1) is 11.6. The molecule has 5 nitrogen and oxygen atoms in total. The summed E-state index contributed by atoms with van der Waals surface area (Å²) in [6.45, 7) is 0.814. The number of aryl methyl sites for hydroxylation is 1. The van der Waals surface area contributed by atoms with Crippen LogP contribution in [0.25, 0.3) is 0 Å². The summed E-state index contributed by atoms with van der Waals surface area (Å²) in [5, 5.41) is 13.8. The van der Waals surface area contributed by atoms with Crippen LogP contribution in [0.2, 0.25) is 0 Å². The van der Waals surface area contributed by atoms with E-state index in [1.807, 2.05) is 42.5 Å². The predicted octanol–water partition coefficient (Wildman–Crippen LogP) is 2.10. The Kier molecular flexibility index (Phi) is 4.81. The highest BCUT2D eigenvalue weighted by Gasteiger charge is 2.38. The molecule has 1 aromatic carbocycles. The largest absolute Gasteiger partial charge is 0.383 e. The molecule has 0 radical (unpaired) electrons. The fourth-order valence-electron chi connectivity index (χ4n) is 3.28. The molecule has 126 valence electrons. The molecule has 3 rings (SSSR count). The Labute approximate surface area is 142 Å². The number of hydrogen-bond acceptors (Lipinski definition) is 3. The van der Waals surface area contributed by atoms with E-state index < -0.39 is 5.60 Å². The normalized spacial score (nSPS) is 18.9. The summed E-state index contributed by atoms with van der Waals surface area (Å²) in [6, 6.07) is 13.5. The minimum absolute atomic E-state index is 0.177. The second-order valence-corrected chi connectivity index (χ2v) is 6.35. The van der Waals surface area contributed by atoms with Gasteiger partial charge in [-0.2, -0.15) is 0 Å². The average molecular weight is 325 g/mol. The quantitative estimate of drug-likeness (QED) is 0.885. The Morgan fingerprint density at radius 1 is 1.29 bits per heavy atom. The highest BCUT2D eigenvalue weighted by Crippen LogP contribution is 2.37. The first-order valence-corrected chi connectivity index (χ1v) is 8.28. The van der Waals surface area contributed by atoms with Crippen LogP contribution in [0.1, 0.15) is 23.2 Å². The van der Waals surface area contributed by atoms with Gasteiger partial charge in [0.15, 0.2) is 0 Å². The van der Waals surface area contributed by atoms with E-state index in [4.69, 9.17) is 0 Å². The smallest absolute Gasteiger partial charge is 0.317 e. The molecular formula is C19H23N3O2. The molecule has 1 aliphatic carbocycles. The van der Waals surface area contributed by atoms with Gasteiger partial charge >= 0.3 is 6.03 Å². The average Bonchev–Trinajstić information content (AvgIpc) is 2.93. The van der Waals surface area contributed by atoms with Crippen molar-refractivity contribution in [1.29, 1.82) is 0 Å². The van der Waals surface area contributed by atoms with Gasteiger partial charge in [-0.25, -0.2) is 4.79 Å². The molecule has 0 spiro atoms. The fraction of sp³-hybridized carbons (Fsp3) is 0.368. The molecule has 2 aromatic rings.